The minimum absolute atomic E-state index is 0.0127. The predicted octanol–water partition coefficient (Wildman–Crippen LogP) is 3.96. The van der Waals surface area contributed by atoms with Gasteiger partial charge in [0.15, 0.2) is 5.78 Å². The minimum Gasteiger partial charge on any atom is -0.379 e. The molecule has 0 heterocycles. The van der Waals surface area contributed by atoms with Crippen molar-refractivity contribution in [2.45, 2.75) is 11.8 Å². The molecule has 21 heavy (non-hydrogen) atoms. The molecule has 0 aliphatic rings. The van der Waals surface area contributed by atoms with Crippen molar-refractivity contribution in [2.75, 3.05) is 0 Å². The Morgan fingerprint density at radius 3 is 2.19 bits per heavy atom. The average Bonchev–Trinajstić information content (AvgIpc) is 2.37. The predicted molar refractivity (Wildman–Crippen MR) is 80.7 cm³/mol. The monoisotopic (exact) mass is 344 g/mol. The van der Waals surface area contributed by atoms with Gasteiger partial charge >= 0.3 is 10.1 Å². The zero-order valence-electron chi connectivity index (χ0n) is 10.8. The van der Waals surface area contributed by atoms with Gasteiger partial charge in [0, 0.05) is 5.56 Å². The van der Waals surface area contributed by atoms with Crippen molar-refractivity contribution in [3.05, 3.63) is 58.1 Å². The second-order valence-corrected chi connectivity index (χ2v) is 6.47. The first kappa shape index (κ1) is 15.8. The van der Waals surface area contributed by atoms with Crippen molar-refractivity contribution in [3.63, 3.8) is 0 Å². The Bertz CT molecular complexity index is 780. The molecular formula is C14H10Cl2O4S. The summed E-state index contributed by atoms with van der Waals surface area (Å²) in [7, 11) is -4.19. The number of carbonyl (C=O) groups excluding carboxylic acids is 1. The molecule has 0 aliphatic heterocycles. The third-order valence-corrected chi connectivity index (χ3v) is 4.82. The molecule has 0 spiro atoms. The SMILES string of the molecule is CC(=O)c1cccc(OS(=O)(=O)c2c(Cl)cccc2Cl)c1. The lowest BCUT2D eigenvalue weighted by molar-refractivity contribution is 0.101. The maximum absolute atomic E-state index is 12.2. The summed E-state index contributed by atoms with van der Waals surface area (Å²) in [5, 5.41) is -0.0737. The lowest BCUT2D eigenvalue weighted by atomic mass is 10.1. The first-order valence-electron chi connectivity index (χ1n) is 5.81. The number of ketones is 1. The van der Waals surface area contributed by atoms with Crippen LogP contribution in [0.3, 0.4) is 0 Å². The first-order chi connectivity index (χ1) is 9.81. The van der Waals surface area contributed by atoms with Crippen LogP contribution in [0.15, 0.2) is 47.4 Å². The van der Waals surface area contributed by atoms with Gasteiger partial charge in [-0.2, -0.15) is 8.42 Å². The van der Waals surface area contributed by atoms with Crippen molar-refractivity contribution in [1.29, 1.82) is 0 Å². The van der Waals surface area contributed by atoms with E-state index in [-0.39, 0.29) is 26.5 Å². The van der Waals surface area contributed by atoms with Crippen LogP contribution in [0, 0.1) is 0 Å². The quantitative estimate of drug-likeness (QED) is 0.622. The molecule has 7 heteroatoms. The standard InChI is InChI=1S/C14H10Cl2O4S/c1-9(17)10-4-2-5-11(8-10)20-21(18,19)14-12(15)6-3-7-13(14)16/h2-8H,1H3. The fraction of sp³-hybridized carbons (Fsp3) is 0.0714. The average molecular weight is 345 g/mol. The molecule has 0 saturated carbocycles. The molecule has 0 amide bonds. The topological polar surface area (TPSA) is 60.4 Å². The van der Waals surface area contributed by atoms with E-state index in [1.54, 1.807) is 6.07 Å². The molecule has 0 radical (unpaired) electrons. The molecule has 0 bridgehead atoms. The highest BCUT2D eigenvalue weighted by Crippen LogP contribution is 2.31. The highest BCUT2D eigenvalue weighted by molar-refractivity contribution is 7.87. The fourth-order valence-electron chi connectivity index (χ4n) is 1.66. The number of Topliss-reactive ketones (excluding diaryl/α,β-unsaturated/α-hetero) is 1. The van der Waals surface area contributed by atoms with E-state index in [1.807, 2.05) is 0 Å². The summed E-state index contributed by atoms with van der Waals surface area (Å²) in [6, 6.07) is 10.2. The smallest absolute Gasteiger partial charge is 0.342 e. The van der Waals surface area contributed by atoms with Gasteiger partial charge in [0.2, 0.25) is 0 Å². The number of carbonyl (C=O) groups is 1. The molecule has 110 valence electrons. The molecule has 0 atom stereocenters. The van der Waals surface area contributed by atoms with Gasteiger partial charge in [-0.05, 0) is 31.2 Å². The summed E-state index contributed by atoms with van der Waals surface area (Å²) in [6.45, 7) is 1.37. The lowest BCUT2D eigenvalue weighted by Crippen LogP contribution is -2.11. The molecule has 0 saturated heterocycles. The number of hydrogen-bond acceptors (Lipinski definition) is 4. The van der Waals surface area contributed by atoms with E-state index in [9.17, 15) is 13.2 Å². The van der Waals surface area contributed by atoms with Crippen molar-refractivity contribution < 1.29 is 17.4 Å². The second kappa shape index (κ2) is 6.05. The van der Waals surface area contributed by atoms with Crippen LogP contribution in [-0.4, -0.2) is 14.2 Å². The van der Waals surface area contributed by atoms with E-state index >= 15 is 0 Å². The molecule has 4 nitrogen and oxygen atoms in total. The van der Waals surface area contributed by atoms with Gasteiger partial charge in [-0.15, -0.1) is 0 Å². The Labute approximate surface area is 132 Å². The lowest BCUT2D eigenvalue weighted by Gasteiger charge is -2.10. The Kier molecular flexibility index (Phi) is 4.56. The van der Waals surface area contributed by atoms with Gasteiger partial charge in [-0.25, -0.2) is 0 Å². The normalized spacial score (nSPS) is 11.2. The molecular weight excluding hydrogens is 335 g/mol. The molecule has 2 rings (SSSR count). The van der Waals surface area contributed by atoms with E-state index in [0.29, 0.717) is 5.56 Å². The Balaban J connectivity index is 2.43. The summed E-state index contributed by atoms with van der Waals surface area (Å²) in [5.41, 5.74) is 0.341. The van der Waals surface area contributed by atoms with Crippen LogP contribution in [0.4, 0.5) is 0 Å². The van der Waals surface area contributed by atoms with Crippen LogP contribution in [0.2, 0.25) is 10.0 Å². The van der Waals surface area contributed by atoms with Crippen LogP contribution in [-0.2, 0) is 10.1 Å². The highest BCUT2D eigenvalue weighted by Gasteiger charge is 2.24. The van der Waals surface area contributed by atoms with E-state index in [1.165, 1.54) is 43.3 Å². The van der Waals surface area contributed by atoms with Crippen LogP contribution in [0.25, 0.3) is 0 Å². The second-order valence-electron chi connectivity index (χ2n) is 4.17. The number of benzene rings is 2. The summed E-state index contributed by atoms with van der Waals surface area (Å²) in [6.07, 6.45) is 0. The summed E-state index contributed by atoms with van der Waals surface area (Å²) >= 11 is 11.7. The maximum atomic E-state index is 12.2. The number of hydrogen-bond donors (Lipinski definition) is 0. The highest BCUT2D eigenvalue weighted by atomic mass is 35.5. The Morgan fingerprint density at radius 1 is 1.05 bits per heavy atom. The van der Waals surface area contributed by atoms with E-state index in [4.69, 9.17) is 27.4 Å². The molecule has 0 aromatic heterocycles. The molecule has 2 aromatic carbocycles. The minimum atomic E-state index is -4.19. The maximum Gasteiger partial charge on any atom is 0.342 e. The Morgan fingerprint density at radius 2 is 1.62 bits per heavy atom. The van der Waals surface area contributed by atoms with Gasteiger partial charge in [0.05, 0.1) is 10.0 Å². The van der Waals surface area contributed by atoms with Crippen LogP contribution in [0.1, 0.15) is 17.3 Å². The van der Waals surface area contributed by atoms with E-state index < -0.39 is 10.1 Å². The zero-order valence-corrected chi connectivity index (χ0v) is 13.2. The number of rotatable bonds is 4. The summed E-state index contributed by atoms with van der Waals surface area (Å²) < 4.78 is 29.5. The third-order valence-electron chi connectivity index (χ3n) is 2.62. The molecule has 0 fully saturated rings. The molecule has 0 aliphatic carbocycles. The van der Waals surface area contributed by atoms with Crippen molar-refractivity contribution in [3.8, 4) is 5.75 Å². The molecule has 0 N–H and O–H groups in total. The van der Waals surface area contributed by atoms with E-state index in [0.717, 1.165) is 0 Å². The summed E-state index contributed by atoms with van der Waals surface area (Å²) in [4.78, 5) is 11.0. The first-order valence-corrected chi connectivity index (χ1v) is 7.97. The van der Waals surface area contributed by atoms with E-state index in [2.05, 4.69) is 0 Å². The van der Waals surface area contributed by atoms with Gasteiger partial charge in [-0.3, -0.25) is 4.79 Å². The zero-order chi connectivity index (χ0) is 15.6. The molecule has 0 unspecified atom stereocenters. The van der Waals surface area contributed by atoms with Gasteiger partial charge in [0.1, 0.15) is 10.6 Å². The van der Waals surface area contributed by atoms with Crippen molar-refractivity contribution in [2.24, 2.45) is 0 Å². The largest absolute Gasteiger partial charge is 0.379 e. The van der Waals surface area contributed by atoms with Crippen LogP contribution in [0.5, 0.6) is 5.75 Å². The van der Waals surface area contributed by atoms with Crippen LogP contribution >= 0.6 is 23.2 Å². The van der Waals surface area contributed by atoms with Crippen molar-refractivity contribution in [1.82, 2.24) is 0 Å². The Hall–Kier alpha value is -1.56. The van der Waals surface area contributed by atoms with Gasteiger partial charge < -0.3 is 4.18 Å². The van der Waals surface area contributed by atoms with Gasteiger partial charge in [-0.1, -0.05) is 41.4 Å². The van der Waals surface area contributed by atoms with Gasteiger partial charge in [0.25, 0.3) is 0 Å². The van der Waals surface area contributed by atoms with Crippen molar-refractivity contribution >= 4 is 39.1 Å². The molecule has 2 aromatic rings. The number of halogens is 2. The fourth-order valence-corrected chi connectivity index (χ4v) is 3.68. The summed E-state index contributed by atoms with van der Waals surface area (Å²) in [5.74, 6) is -0.188. The third kappa shape index (κ3) is 3.56. The van der Waals surface area contributed by atoms with Crippen LogP contribution < -0.4 is 4.18 Å².